The van der Waals surface area contributed by atoms with Crippen molar-refractivity contribution in [2.45, 2.75) is 117 Å². The first-order chi connectivity index (χ1) is 20.7. The number of rotatable bonds is 18. The van der Waals surface area contributed by atoms with Crippen LogP contribution in [-0.2, 0) is 19.3 Å². The molecule has 0 unspecified atom stereocenters. The lowest BCUT2D eigenvalue weighted by molar-refractivity contribution is 0.667. The molecule has 0 N–H and O–H groups in total. The van der Waals surface area contributed by atoms with Gasteiger partial charge in [0.25, 0.3) is 0 Å². The van der Waals surface area contributed by atoms with Crippen LogP contribution in [0.4, 0.5) is 5.69 Å². The number of nitrogens with zero attached hydrogens (tertiary/aromatic N) is 1. The average molecular weight is 560 g/mol. The Hall–Kier alpha value is -3.00. The van der Waals surface area contributed by atoms with Crippen molar-refractivity contribution >= 4 is 23.7 Å². The van der Waals surface area contributed by atoms with Crippen molar-refractivity contribution in [3.63, 3.8) is 0 Å². The van der Waals surface area contributed by atoms with Crippen molar-refractivity contribution in [2.75, 3.05) is 4.81 Å². The zero-order valence-corrected chi connectivity index (χ0v) is 26.8. The van der Waals surface area contributed by atoms with Gasteiger partial charge in [-0.25, -0.2) is 0 Å². The lowest BCUT2D eigenvalue weighted by Crippen LogP contribution is -2.47. The zero-order chi connectivity index (χ0) is 29.4. The first-order valence-electron chi connectivity index (χ1n) is 17.2. The molecule has 4 rings (SSSR count). The van der Waals surface area contributed by atoms with Gasteiger partial charge in [0.2, 0.25) is 0 Å². The summed E-state index contributed by atoms with van der Waals surface area (Å²) < 4.78 is 0. The molecule has 42 heavy (non-hydrogen) atoms. The maximum absolute atomic E-state index is 2.55. The summed E-state index contributed by atoms with van der Waals surface area (Å²) in [6, 6.07) is 28.2. The Morgan fingerprint density at radius 2 is 0.952 bits per heavy atom. The second kappa shape index (κ2) is 17.8. The van der Waals surface area contributed by atoms with Gasteiger partial charge in [-0.15, -0.1) is 0 Å². The van der Waals surface area contributed by atoms with Crippen LogP contribution in [-0.4, -0.2) is 6.85 Å². The Morgan fingerprint density at radius 3 is 1.43 bits per heavy atom. The fourth-order valence-corrected chi connectivity index (χ4v) is 6.18. The minimum absolute atomic E-state index is 0.170. The molecule has 0 saturated heterocycles. The molecule has 3 aromatic rings. The Kier molecular flexibility index (Phi) is 13.6. The molecule has 1 heterocycles. The van der Waals surface area contributed by atoms with Crippen LogP contribution in [0.15, 0.2) is 90.9 Å². The first-order valence-corrected chi connectivity index (χ1v) is 17.2. The van der Waals surface area contributed by atoms with E-state index in [2.05, 4.69) is 117 Å². The Morgan fingerprint density at radius 1 is 0.500 bits per heavy atom. The molecule has 0 fully saturated rings. The van der Waals surface area contributed by atoms with Crippen molar-refractivity contribution in [1.82, 2.24) is 0 Å². The van der Waals surface area contributed by atoms with Gasteiger partial charge in [-0.05, 0) is 79.0 Å². The highest BCUT2D eigenvalue weighted by molar-refractivity contribution is 6.83. The summed E-state index contributed by atoms with van der Waals surface area (Å²) in [5.41, 5.74) is 9.54. The Labute approximate surface area is 258 Å². The molecule has 0 aromatic heterocycles. The van der Waals surface area contributed by atoms with E-state index in [1.165, 1.54) is 135 Å². The largest absolute Gasteiger partial charge is 0.377 e. The van der Waals surface area contributed by atoms with Crippen molar-refractivity contribution in [1.29, 1.82) is 0 Å². The normalized spacial score (nSPS) is 13.1. The highest BCUT2D eigenvalue weighted by Gasteiger charge is 2.29. The number of hydrogen-bond acceptors (Lipinski definition) is 1. The van der Waals surface area contributed by atoms with Crippen LogP contribution >= 0.6 is 0 Å². The predicted molar refractivity (Wildman–Crippen MR) is 188 cm³/mol. The van der Waals surface area contributed by atoms with Gasteiger partial charge < -0.3 is 4.81 Å². The van der Waals surface area contributed by atoms with Gasteiger partial charge in [0.15, 0.2) is 0 Å². The summed E-state index contributed by atoms with van der Waals surface area (Å²) in [7, 11) is 0. The number of benzene rings is 3. The summed E-state index contributed by atoms with van der Waals surface area (Å²) >= 11 is 0. The first kappa shape index (κ1) is 31.9. The molecule has 0 aliphatic carbocycles. The van der Waals surface area contributed by atoms with Crippen LogP contribution < -0.4 is 10.3 Å². The topological polar surface area (TPSA) is 3.24 Å². The molecule has 1 nitrogen and oxygen atoms in total. The van der Waals surface area contributed by atoms with Gasteiger partial charge in [-0.3, -0.25) is 0 Å². The number of aryl methyl sites for hydroxylation is 3. The SMILES string of the molecule is CCCCCCc1ccc(B2C=CC=C(c3ccc(CCCCCC)cc3)N2c2ccc(CCCCCC)cc2)cc1. The zero-order valence-electron chi connectivity index (χ0n) is 26.8. The van der Waals surface area contributed by atoms with Gasteiger partial charge in [-0.1, -0.05) is 157 Å². The third kappa shape index (κ3) is 9.51. The quantitative estimate of drug-likeness (QED) is 0.111. The number of unbranched alkanes of at least 4 members (excludes halogenated alkanes) is 9. The summed E-state index contributed by atoms with van der Waals surface area (Å²) in [6.45, 7) is 7.02. The van der Waals surface area contributed by atoms with Crippen LogP contribution in [0.2, 0.25) is 0 Å². The predicted octanol–water partition coefficient (Wildman–Crippen LogP) is 10.9. The molecule has 1 aliphatic rings. The summed E-state index contributed by atoms with van der Waals surface area (Å²) in [5.74, 6) is 2.36. The molecular weight excluding hydrogens is 505 g/mol. The second-order valence-corrected chi connectivity index (χ2v) is 12.3. The van der Waals surface area contributed by atoms with E-state index in [1.54, 1.807) is 0 Å². The monoisotopic (exact) mass is 559 g/mol. The van der Waals surface area contributed by atoms with Gasteiger partial charge in [0.1, 0.15) is 0 Å². The lowest BCUT2D eigenvalue weighted by atomic mass is 9.52. The van der Waals surface area contributed by atoms with E-state index in [0.717, 1.165) is 0 Å². The van der Waals surface area contributed by atoms with Crippen molar-refractivity contribution in [3.05, 3.63) is 113 Å². The van der Waals surface area contributed by atoms with E-state index in [-0.39, 0.29) is 6.85 Å². The third-order valence-electron chi connectivity index (χ3n) is 8.83. The molecule has 0 radical (unpaired) electrons. The second-order valence-electron chi connectivity index (χ2n) is 12.3. The molecule has 0 spiro atoms. The highest BCUT2D eigenvalue weighted by Crippen LogP contribution is 2.31. The van der Waals surface area contributed by atoms with E-state index in [9.17, 15) is 0 Å². The molecular formula is C40H54BN. The van der Waals surface area contributed by atoms with Gasteiger partial charge in [-0.2, -0.15) is 0 Å². The van der Waals surface area contributed by atoms with Crippen molar-refractivity contribution in [3.8, 4) is 0 Å². The number of hydrogen-bond donors (Lipinski definition) is 0. The maximum Gasteiger partial charge on any atom is 0.320 e. The lowest BCUT2D eigenvalue weighted by Gasteiger charge is -2.35. The minimum atomic E-state index is 0.170. The summed E-state index contributed by atoms with van der Waals surface area (Å²) in [6.07, 6.45) is 23.8. The minimum Gasteiger partial charge on any atom is -0.377 e. The molecule has 1 aliphatic heterocycles. The standard InChI is InChI=1S/C40H54BN/c1-4-7-10-13-17-34-21-27-37(28-22-34)40-20-16-33-41(38-29-23-35(24-30-38)18-14-11-8-5-2)42(40)39-31-25-36(26-32-39)19-15-12-9-6-3/h16,20-33H,4-15,17-19H2,1-3H3. The Balaban J connectivity index is 1.56. The molecule has 222 valence electrons. The molecule has 2 heteroatoms. The molecule has 0 bridgehead atoms. The van der Waals surface area contributed by atoms with Crippen LogP contribution in [0.3, 0.4) is 0 Å². The molecule has 3 aromatic carbocycles. The van der Waals surface area contributed by atoms with Crippen LogP contribution in [0.5, 0.6) is 0 Å². The molecule has 0 atom stereocenters. The molecule has 0 amide bonds. The summed E-state index contributed by atoms with van der Waals surface area (Å²) in [5, 5.41) is 0. The van der Waals surface area contributed by atoms with E-state index < -0.39 is 0 Å². The third-order valence-corrected chi connectivity index (χ3v) is 8.83. The smallest absolute Gasteiger partial charge is 0.320 e. The Bertz CT molecular complexity index is 1220. The van der Waals surface area contributed by atoms with E-state index in [0.29, 0.717) is 0 Å². The van der Waals surface area contributed by atoms with Crippen LogP contribution in [0.1, 0.15) is 120 Å². The van der Waals surface area contributed by atoms with Crippen LogP contribution in [0.25, 0.3) is 5.70 Å². The van der Waals surface area contributed by atoms with Gasteiger partial charge in [0, 0.05) is 11.4 Å². The number of allylic oxidation sites excluding steroid dienone is 2. The molecule has 0 saturated carbocycles. The van der Waals surface area contributed by atoms with E-state index in [4.69, 9.17) is 0 Å². The summed E-state index contributed by atoms with van der Waals surface area (Å²) in [4.78, 5) is 2.55. The van der Waals surface area contributed by atoms with Gasteiger partial charge in [0.05, 0.1) is 0 Å². The van der Waals surface area contributed by atoms with Crippen molar-refractivity contribution < 1.29 is 0 Å². The maximum atomic E-state index is 2.55. The van der Waals surface area contributed by atoms with Gasteiger partial charge >= 0.3 is 6.85 Å². The fourth-order valence-electron chi connectivity index (χ4n) is 6.18. The van der Waals surface area contributed by atoms with Crippen LogP contribution in [0, 0.1) is 0 Å². The average Bonchev–Trinajstić information content (AvgIpc) is 3.04. The van der Waals surface area contributed by atoms with E-state index in [1.807, 2.05) is 0 Å². The number of anilines is 1. The van der Waals surface area contributed by atoms with E-state index >= 15 is 0 Å². The van der Waals surface area contributed by atoms with Crippen molar-refractivity contribution in [2.24, 2.45) is 0 Å². The fraction of sp³-hybridized carbons (Fsp3) is 0.450. The highest BCUT2D eigenvalue weighted by atomic mass is 15.1.